The maximum atomic E-state index is 12.3. The van der Waals surface area contributed by atoms with Crippen molar-refractivity contribution in [3.8, 4) is 33.8 Å². The fourth-order valence-corrected chi connectivity index (χ4v) is 4.89. The second kappa shape index (κ2) is 13.3. The van der Waals surface area contributed by atoms with Gasteiger partial charge in [0, 0.05) is 23.3 Å². The minimum absolute atomic E-state index is 0.101. The molecule has 44 heavy (non-hydrogen) atoms. The molecule has 10 nitrogen and oxygen atoms in total. The number of oxime groups is 1. The number of methoxy groups -OCH3 is 2. The van der Waals surface area contributed by atoms with E-state index in [-0.39, 0.29) is 34.8 Å². The first-order valence-corrected chi connectivity index (χ1v) is 13.5. The number of hydrogen-bond donors (Lipinski definition) is 0. The van der Waals surface area contributed by atoms with E-state index in [1.54, 1.807) is 72.8 Å². The van der Waals surface area contributed by atoms with Gasteiger partial charge < -0.3 is 14.3 Å². The van der Waals surface area contributed by atoms with E-state index in [0.717, 1.165) is 5.56 Å². The molecule has 0 aliphatic heterocycles. The summed E-state index contributed by atoms with van der Waals surface area (Å²) in [7, 11) is 3.06. The minimum atomic E-state index is -0.469. The van der Waals surface area contributed by atoms with Crippen molar-refractivity contribution in [1.29, 1.82) is 0 Å². The average Bonchev–Trinajstić information content (AvgIpc) is 3.06. The third-order valence-corrected chi connectivity index (χ3v) is 6.98. The van der Waals surface area contributed by atoms with Gasteiger partial charge in [0.25, 0.3) is 11.4 Å². The number of nitro benzene ring substituents is 2. The molecule has 0 bridgehead atoms. The van der Waals surface area contributed by atoms with Crippen LogP contribution in [-0.2, 0) is 11.4 Å². The number of benzene rings is 5. The molecule has 0 atom stereocenters. The largest absolute Gasteiger partial charge is 0.497 e. The van der Waals surface area contributed by atoms with Gasteiger partial charge in [0.1, 0.15) is 23.8 Å². The zero-order valence-electron chi connectivity index (χ0n) is 23.9. The normalized spacial score (nSPS) is 10.5. The highest BCUT2D eigenvalue weighted by atomic mass is 16.6. The molecule has 0 saturated heterocycles. The zero-order valence-corrected chi connectivity index (χ0v) is 23.9. The maximum absolute atomic E-state index is 12.3. The van der Waals surface area contributed by atoms with Gasteiger partial charge in [0.05, 0.1) is 35.2 Å². The van der Waals surface area contributed by atoms with E-state index in [0.29, 0.717) is 33.8 Å². The molecule has 0 spiro atoms. The van der Waals surface area contributed by atoms with Crippen LogP contribution in [0.5, 0.6) is 11.5 Å². The van der Waals surface area contributed by atoms with Crippen LogP contribution >= 0.6 is 0 Å². The van der Waals surface area contributed by atoms with Crippen LogP contribution in [0.2, 0.25) is 0 Å². The highest BCUT2D eigenvalue weighted by Gasteiger charge is 2.28. The molecular weight excluding hydrogens is 562 g/mol. The highest BCUT2D eigenvalue weighted by Crippen LogP contribution is 2.40. The van der Waals surface area contributed by atoms with Crippen LogP contribution in [0.4, 0.5) is 11.4 Å². The van der Waals surface area contributed by atoms with E-state index in [2.05, 4.69) is 5.16 Å². The molecule has 220 valence electrons. The maximum Gasteiger partial charge on any atom is 0.277 e. The Morgan fingerprint density at radius 2 is 1.07 bits per heavy atom. The Kier molecular flexibility index (Phi) is 8.91. The van der Waals surface area contributed by atoms with Crippen LogP contribution in [0, 0.1) is 20.2 Å². The van der Waals surface area contributed by atoms with E-state index < -0.39 is 9.85 Å². The van der Waals surface area contributed by atoms with E-state index in [1.807, 2.05) is 30.3 Å². The Bertz CT molecular complexity index is 1710. The molecule has 0 aromatic heterocycles. The van der Waals surface area contributed by atoms with E-state index in [4.69, 9.17) is 14.3 Å². The average molecular weight is 590 g/mol. The zero-order chi connectivity index (χ0) is 31.1. The van der Waals surface area contributed by atoms with Gasteiger partial charge in [0.2, 0.25) is 0 Å². The van der Waals surface area contributed by atoms with Crippen molar-refractivity contribution in [3.63, 3.8) is 0 Å². The molecule has 0 saturated carbocycles. The topological polar surface area (TPSA) is 126 Å². The minimum Gasteiger partial charge on any atom is -0.497 e. The predicted octanol–water partition coefficient (Wildman–Crippen LogP) is 7.82. The van der Waals surface area contributed by atoms with Crippen LogP contribution < -0.4 is 9.47 Å². The highest BCUT2D eigenvalue weighted by molar-refractivity contribution is 6.20. The van der Waals surface area contributed by atoms with Crippen molar-refractivity contribution < 1.29 is 24.2 Å². The summed E-state index contributed by atoms with van der Waals surface area (Å²) < 4.78 is 10.6. The lowest BCUT2D eigenvalue weighted by Gasteiger charge is -2.17. The van der Waals surface area contributed by atoms with Gasteiger partial charge in [-0.1, -0.05) is 84.0 Å². The van der Waals surface area contributed by atoms with Gasteiger partial charge in [-0.25, -0.2) is 0 Å². The van der Waals surface area contributed by atoms with E-state index in [9.17, 15) is 20.2 Å². The van der Waals surface area contributed by atoms with Crippen LogP contribution in [0.1, 0.15) is 16.7 Å². The molecule has 0 unspecified atom stereocenters. The monoisotopic (exact) mass is 589 g/mol. The molecule has 0 amide bonds. The lowest BCUT2D eigenvalue weighted by atomic mass is 9.88. The molecule has 0 heterocycles. The molecule has 0 aliphatic rings. The van der Waals surface area contributed by atoms with Gasteiger partial charge in [-0.05, 0) is 41.0 Å². The Hall–Kier alpha value is -6.03. The Balaban J connectivity index is 1.79. The molecular formula is C34H27N3O7. The fourth-order valence-electron chi connectivity index (χ4n) is 4.89. The summed E-state index contributed by atoms with van der Waals surface area (Å²) in [5.41, 5.74) is 3.01. The SMILES string of the molecule is COc1ccc(-c2c(C(=NOCc3ccccc3)c3cccc([N+](=O)[O-])c3-c3ccc(OC)cc3)cccc2[N+](=O)[O-])cc1. The summed E-state index contributed by atoms with van der Waals surface area (Å²) in [5.74, 6) is 1.16. The van der Waals surface area contributed by atoms with Crippen LogP contribution in [0.3, 0.4) is 0 Å². The van der Waals surface area contributed by atoms with Gasteiger partial charge in [0.15, 0.2) is 0 Å². The van der Waals surface area contributed by atoms with Crippen molar-refractivity contribution in [2.75, 3.05) is 14.2 Å². The summed E-state index contributed by atoms with van der Waals surface area (Å²) in [5, 5.41) is 29.2. The molecule has 0 aliphatic carbocycles. The van der Waals surface area contributed by atoms with Crippen molar-refractivity contribution in [3.05, 3.63) is 152 Å². The molecule has 5 aromatic carbocycles. The first-order chi connectivity index (χ1) is 21.4. The van der Waals surface area contributed by atoms with Crippen molar-refractivity contribution in [1.82, 2.24) is 0 Å². The summed E-state index contributed by atoms with van der Waals surface area (Å²) in [6, 6.07) is 32.3. The number of nitrogens with zero attached hydrogens (tertiary/aromatic N) is 3. The van der Waals surface area contributed by atoms with Gasteiger partial charge >= 0.3 is 0 Å². The van der Waals surface area contributed by atoms with Gasteiger partial charge in [-0.15, -0.1) is 0 Å². The third-order valence-electron chi connectivity index (χ3n) is 6.98. The van der Waals surface area contributed by atoms with Gasteiger partial charge in [-0.2, -0.15) is 0 Å². The summed E-state index contributed by atoms with van der Waals surface area (Å²) in [6.07, 6.45) is 0. The predicted molar refractivity (Wildman–Crippen MR) is 167 cm³/mol. The molecule has 5 aromatic rings. The number of ether oxygens (including phenoxy) is 2. The molecule has 0 N–H and O–H groups in total. The molecule has 0 radical (unpaired) electrons. The summed E-state index contributed by atoms with van der Waals surface area (Å²) >= 11 is 0. The Labute approximate surface area is 253 Å². The number of hydrogen-bond acceptors (Lipinski definition) is 8. The van der Waals surface area contributed by atoms with E-state index in [1.165, 1.54) is 26.4 Å². The van der Waals surface area contributed by atoms with Crippen LogP contribution in [-0.4, -0.2) is 29.8 Å². The van der Waals surface area contributed by atoms with E-state index >= 15 is 0 Å². The second-order valence-electron chi connectivity index (χ2n) is 9.57. The van der Waals surface area contributed by atoms with Crippen LogP contribution in [0.25, 0.3) is 22.3 Å². The first-order valence-electron chi connectivity index (χ1n) is 13.5. The lowest BCUT2D eigenvalue weighted by molar-refractivity contribution is -0.384. The van der Waals surface area contributed by atoms with Crippen molar-refractivity contribution in [2.45, 2.75) is 6.61 Å². The number of nitro groups is 2. The summed E-state index contributed by atoms with van der Waals surface area (Å²) in [6.45, 7) is 0.101. The third kappa shape index (κ3) is 6.24. The Morgan fingerprint density at radius 1 is 0.614 bits per heavy atom. The quantitative estimate of drug-likeness (QED) is 0.0873. The second-order valence-corrected chi connectivity index (χ2v) is 9.57. The molecule has 5 rings (SSSR count). The fraction of sp³-hybridized carbons (Fsp3) is 0.0882. The molecule has 0 fully saturated rings. The Morgan fingerprint density at radius 3 is 1.48 bits per heavy atom. The number of rotatable bonds is 11. The lowest BCUT2D eigenvalue weighted by Crippen LogP contribution is -2.11. The van der Waals surface area contributed by atoms with Crippen molar-refractivity contribution in [2.24, 2.45) is 5.16 Å². The first kappa shape index (κ1) is 29.5. The van der Waals surface area contributed by atoms with Crippen LogP contribution in [0.15, 0.2) is 120 Å². The van der Waals surface area contributed by atoms with Gasteiger partial charge in [-0.3, -0.25) is 20.2 Å². The molecule has 10 heteroatoms. The summed E-state index contributed by atoms with van der Waals surface area (Å²) in [4.78, 5) is 29.6. The standard InChI is InChI=1S/C34H27N3O7/c1-42-26-18-14-24(15-19-26)32-28(10-6-12-30(32)36(38)39)34(35-44-22-23-8-4-3-5-9-23)29-11-7-13-31(37(40)41)33(29)25-16-20-27(43-2)21-17-25/h3-21H,22H2,1-2H3. The smallest absolute Gasteiger partial charge is 0.277 e. The van der Waals surface area contributed by atoms with Crippen molar-refractivity contribution >= 4 is 17.1 Å².